The van der Waals surface area contributed by atoms with Gasteiger partial charge in [0.2, 0.25) is 15.9 Å². The van der Waals surface area contributed by atoms with E-state index in [0.29, 0.717) is 5.13 Å². The number of rotatable bonds is 6. The summed E-state index contributed by atoms with van der Waals surface area (Å²) in [6, 6.07) is 13.3. The Morgan fingerprint density at radius 2 is 1.79 bits per heavy atom. The van der Waals surface area contributed by atoms with Crippen LogP contribution in [0.5, 0.6) is 0 Å². The van der Waals surface area contributed by atoms with Crippen molar-refractivity contribution in [2.24, 2.45) is 5.14 Å². The maximum absolute atomic E-state index is 12.8. The molecule has 0 aliphatic carbocycles. The second-order valence-corrected chi connectivity index (χ2v) is 9.18. The fourth-order valence-electron chi connectivity index (χ4n) is 2.84. The van der Waals surface area contributed by atoms with Crippen LogP contribution < -0.4 is 10.5 Å². The van der Waals surface area contributed by atoms with E-state index in [-0.39, 0.29) is 16.8 Å². The SMILES string of the molecule is CC(Nc1nc2ccccc2s1)C(=O)N(C)C(C)c1ccc(S(N)(=O)=O)cc1. The van der Waals surface area contributed by atoms with Gasteiger partial charge in [-0.3, -0.25) is 4.79 Å². The Kier molecular flexibility index (Phi) is 5.69. The van der Waals surface area contributed by atoms with Crippen molar-refractivity contribution in [3.63, 3.8) is 0 Å². The van der Waals surface area contributed by atoms with Crippen molar-refractivity contribution < 1.29 is 13.2 Å². The average Bonchev–Trinajstić information content (AvgIpc) is 3.07. The van der Waals surface area contributed by atoms with E-state index < -0.39 is 16.1 Å². The molecular weight excluding hydrogens is 396 g/mol. The molecule has 0 fully saturated rings. The minimum atomic E-state index is -3.74. The number of sulfonamides is 1. The molecule has 0 bridgehead atoms. The van der Waals surface area contributed by atoms with Crippen LogP contribution in [0.25, 0.3) is 10.2 Å². The lowest BCUT2D eigenvalue weighted by atomic mass is 10.1. The number of carbonyl (C=O) groups is 1. The summed E-state index contributed by atoms with van der Waals surface area (Å²) in [7, 11) is -2.02. The zero-order valence-corrected chi connectivity index (χ0v) is 17.4. The Balaban J connectivity index is 1.69. The van der Waals surface area contributed by atoms with Gasteiger partial charge in [-0.1, -0.05) is 35.6 Å². The first-order chi connectivity index (χ1) is 13.2. The van der Waals surface area contributed by atoms with Gasteiger partial charge in [0.15, 0.2) is 5.13 Å². The molecule has 148 valence electrons. The van der Waals surface area contributed by atoms with Gasteiger partial charge in [-0.15, -0.1) is 0 Å². The molecule has 28 heavy (non-hydrogen) atoms. The normalized spacial score (nSPS) is 13.9. The molecule has 1 heterocycles. The molecule has 0 aliphatic heterocycles. The van der Waals surface area contributed by atoms with E-state index in [1.165, 1.54) is 23.5 Å². The highest BCUT2D eigenvalue weighted by molar-refractivity contribution is 7.89. The van der Waals surface area contributed by atoms with Gasteiger partial charge in [-0.25, -0.2) is 18.5 Å². The second-order valence-electron chi connectivity index (χ2n) is 6.59. The van der Waals surface area contributed by atoms with Gasteiger partial charge in [-0.05, 0) is 43.7 Å². The summed E-state index contributed by atoms with van der Waals surface area (Å²) >= 11 is 1.50. The predicted octanol–water partition coefficient (Wildman–Crippen LogP) is 2.96. The Morgan fingerprint density at radius 1 is 1.14 bits per heavy atom. The number of nitrogens with zero attached hydrogens (tertiary/aromatic N) is 2. The number of hydrogen-bond donors (Lipinski definition) is 2. The van der Waals surface area contributed by atoms with Gasteiger partial charge in [0, 0.05) is 7.05 Å². The number of benzene rings is 2. The number of carbonyl (C=O) groups excluding carboxylic acids is 1. The van der Waals surface area contributed by atoms with Crippen molar-refractivity contribution in [3.8, 4) is 0 Å². The highest BCUT2D eigenvalue weighted by Crippen LogP contribution is 2.27. The van der Waals surface area contributed by atoms with Crippen LogP contribution in [0, 0.1) is 0 Å². The lowest BCUT2D eigenvalue weighted by molar-refractivity contribution is -0.132. The van der Waals surface area contributed by atoms with E-state index in [1.807, 2.05) is 31.2 Å². The summed E-state index contributed by atoms with van der Waals surface area (Å²) in [6.07, 6.45) is 0. The van der Waals surface area contributed by atoms with Crippen molar-refractivity contribution in [2.75, 3.05) is 12.4 Å². The molecule has 1 amide bonds. The number of amides is 1. The molecule has 3 rings (SSSR count). The number of para-hydroxylation sites is 1. The topological polar surface area (TPSA) is 105 Å². The number of fused-ring (bicyclic) bond motifs is 1. The zero-order chi connectivity index (χ0) is 20.5. The van der Waals surface area contributed by atoms with Crippen molar-refractivity contribution in [1.29, 1.82) is 0 Å². The van der Waals surface area contributed by atoms with Gasteiger partial charge in [0.1, 0.15) is 6.04 Å². The number of nitrogens with one attached hydrogen (secondary N) is 1. The summed E-state index contributed by atoms with van der Waals surface area (Å²) < 4.78 is 23.8. The minimum Gasteiger partial charge on any atom is -0.350 e. The molecule has 0 saturated carbocycles. The van der Waals surface area contributed by atoms with Gasteiger partial charge in [0.05, 0.1) is 21.2 Å². The van der Waals surface area contributed by atoms with Crippen LogP contribution in [0.15, 0.2) is 53.4 Å². The van der Waals surface area contributed by atoms with Crippen LogP contribution in [0.4, 0.5) is 5.13 Å². The monoisotopic (exact) mass is 418 g/mol. The molecule has 7 nitrogen and oxygen atoms in total. The minimum absolute atomic E-state index is 0.0447. The quantitative estimate of drug-likeness (QED) is 0.640. The van der Waals surface area contributed by atoms with E-state index in [4.69, 9.17) is 5.14 Å². The lowest BCUT2D eigenvalue weighted by Crippen LogP contribution is -2.40. The van der Waals surface area contributed by atoms with E-state index in [2.05, 4.69) is 10.3 Å². The maximum atomic E-state index is 12.8. The summed E-state index contributed by atoms with van der Waals surface area (Å²) in [4.78, 5) is 19.0. The summed E-state index contributed by atoms with van der Waals surface area (Å²) in [5.41, 5.74) is 1.71. The third kappa shape index (κ3) is 4.32. The molecule has 2 aromatic carbocycles. The van der Waals surface area contributed by atoms with Crippen molar-refractivity contribution in [1.82, 2.24) is 9.88 Å². The maximum Gasteiger partial charge on any atom is 0.245 e. The van der Waals surface area contributed by atoms with E-state index >= 15 is 0 Å². The smallest absolute Gasteiger partial charge is 0.245 e. The van der Waals surface area contributed by atoms with Crippen LogP contribution in [-0.2, 0) is 14.8 Å². The Morgan fingerprint density at radius 3 is 2.39 bits per heavy atom. The molecule has 2 unspecified atom stereocenters. The summed E-state index contributed by atoms with van der Waals surface area (Å²) in [6.45, 7) is 3.68. The first-order valence-electron chi connectivity index (χ1n) is 8.68. The Labute approximate surface area is 168 Å². The van der Waals surface area contributed by atoms with Crippen LogP contribution >= 0.6 is 11.3 Å². The Hall–Kier alpha value is -2.49. The second kappa shape index (κ2) is 7.86. The van der Waals surface area contributed by atoms with Crippen LogP contribution in [0.2, 0.25) is 0 Å². The van der Waals surface area contributed by atoms with E-state index in [0.717, 1.165) is 15.8 Å². The fourth-order valence-corrected chi connectivity index (χ4v) is 4.31. The molecule has 0 saturated heterocycles. The van der Waals surface area contributed by atoms with Gasteiger partial charge < -0.3 is 10.2 Å². The number of nitrogens with two attached hydrogens (primary N) is 1. The Bertz CT molecular complexity index is 1060. The molecule has 0 spiro atoms. The first-order valence-corrected chi connectivity index (χ1v) is 11.0. The summed E-state index contributed by atoms with van der Waals surface area (Å²) in [5, 5.41) is 8.99. The third-order valence-electron chi connectivity index (χ3n) is 4.62. The number of primary sulfonamides is 1. The molecule has 0 radical (unpaired) electrons. The number of anilines is 1. The van der Waals surface area contributed by atoms with Crippen LogP contribution in [-0.4, -0.2) is 37.3 Å². The number of likely N-dealkylation sites (N-methyl/N-ethyl adjacent to an activating group) is 1. The lowest BCUT2D eigenvalue weighted by Gasteiger charge is -2.28. The largest absolute Gasteiger partial charge is 0.350 e. The van der Waals surface area contributed by atoms with Crippen molar-refractivity contribution in [3.05, 3.63) is 54.1 Å². The highest BCUT2D eigenvalue weighted by Gasteiger charge is 2.23. The first kappa shape index (κ1) is 20.2. The van der Waals surface area contributed by atoms with E-state index in [9.17, 15) is 13.2 Å². The van der Waals surface area contributed by atoms with Gasteiger partial charge in [0.25, 0.3) is 0 Å². The standard InChI is InChI=1S/C19H22N4O3S2/c1-12(21-19-22-16-6-4-5-7-17(16)27-19)18(24)23(3)13(2)14-8-10-15(11-9-14)28(20,25)26/h4-13H,1-3H3,(H,21,22)(H2,20,25,26). The number of aromatic nitrogens is 1. The third-order valence-corrected chi connectivity index (χ3v) is 6.52. The fraction of sp³-hybridized carbons (Fsp3) is 0.263. The van der Waals surface area contributed by atoms with Crippen LogP contribution in [0.3, 0.4) is 0 Å². The zero-order valence-electron chi connectivity index (χ0n) is 15.8. The van der Waals surface area contributed by atoms with E-state index in [1.54, 1.807) is 31.0 Å². The molecule has 1 aromatic heterocycles. The molecule has 9 heteroatoms. The molecule has 0 aliphatic rings. The van der Waals surface area contributed by atoms with Gasteiger partial charge in [-0.2, -0.15) is 0 Å². The predicted molar refractivity (Wildman–Crippen MR) is 112 cm³/mol. The molecule has 2 atom stereocenters. The highest BCUT2D eigenvalue weighted by atomic mass is 32.2. The summed E-state index contributed by atoms with van der Waals surface area (Å²) in [5.74, 6) is -0.0951. The van der Waals surface area contributed by atoms with Crippen molar-refractivity contribution >= 4 is 42.6 Å². The number of hydrogen-bond acceptors (Lipinski definition) is 6. The van der Waals surface area contributed by atoms with Gasteiger partial charge >= 0.3 is 0 Å². The van der Waals surface area contributed by atoms with Crippen LogP contribution in [0.1, 0.15) is 25.5 Å². The average molecular weight is 419 g/mol. The van der Waals surface area contributed by atoms with Crippen molar-refractivity contribution in [2.45, 2.75) is 30.8 Å². The molecular formula is C19H22N4O3S2. The number of thiazole rings is 1. The molecule has 3 aromatic rings. The molecule has 3 N–H and O–H groups in total.